The lowest BCUT2D eigenvalue weighted by Crippen LogP contribution is -2.31. The van der Waals surface area contributed by atoms with Crippen LogP contribution in [0.4, 0.5) is 0 Å². The minimum atomic E-state index is 0.387. The third-order valence-electron chi connectivity index (χ3n) is 4.31. The number of fused-ring (bicyclic) bond motifs is 1. The summed E-state index contributed by atoms with van der Waals surface area (Å²) in [5, 5.41) is 8.38. The van der Waals surface area contributed by atoms with Gasteiger partial charge < -0.3 is 5.32 Å². The van der Waals surface area contributed by atoms with E-state index in [4.69, 9.17) is 5.10 Å². The highest BCUT2D eigenvalue weighted by atomic mass is 79.9. The molecule has 1 aliphatic rings. The molecule has 0 aliphatic carbocycles. The molecule has 0 bridgehead atoms. The van der Waals surface area contributed by atoms with Crippen LogP contribution in [0.2, 0.25) is 0 Å². The molecule has 112 valence electrons. The van der Waals surface area contributed by atoms with Crippen molar-refractivity contribution < 1.29 is 0 Å². The number of halogens is 1. The maximum absolute atomic E-state index is 4.71. The van der Waals surface area contributed by atoms with Gasteiger partial charge in [-0.2, -0.15) is 5.10 Å². The number of rotatable bonds is 4. The Kier molecular flexibility index (Phi) is 4.45. The molecule has 1 aromatic heterocycles. The predicted octanol–water partition coefficient (Wildman–Crippen LogP) is 3.66. The molecule has 1 unspecified atom stereocenters. The normalized spacial score (nSPS) is 17.8. The molecule has 2 heterocycles. The van der Waals surface area contributed by atoms with Crippen LogP contribution in [0, 0.1) is 0 Å². The van der Waals surface area contributed by atoms with Crippen molar-refractivity contribution >= 4 is 15.9 Å². The number of hydrogen-bond donors (Lipinski definition) is 1. The van der Waals surface area contributed by atoms with E-state index < -0.39 is 0 Å². The van der Waals surface area contributed by atoms with Crippen LogP contribution in [0.3, 0.4) is 0 Å². The molecule has 2 aromatic rings. The summed E-state index contributed by atoms with van der Waals surface area (Å²) in [6.45, 7) is 6.29. The SMILES string of the molecule is CCc1nn(CC)c(CC2NCCc3ccccc32)c1Br. The van der Waals surface area contributed by atoms with Gasteiger partial charge in [-0.05, 0) is 53.4 Å². The monoisotopic (exact) mass is 347 g/mol. The molecule has 0 radical (unpaired) electrons. The molecule has 1 atom stereocenters. The quantitative estimate of drug-likeness (QED) is 0.914. The molecule has 1 aliphatic heterocycles. The predicted molar refractivity (Wildman–Crippen MR) is 89.6 cm³/mol. The van der Waals surface area contributed by atoms with Crippen molar-refractivity contribution in [1.82, 2.24) is 15.1 Å². The largest absolute Gasteiger partial charge is 0.309 e. The van der Waals surface area contributed by atoms with Gasteiger partial charge in [0.25, 0.3) is 0 Å². The molecule has 0 spiro atoms. The standard InChI is InChI=1S/C17H22BrN3/c1-3-14-17(18)16(21(4-2)20-14)11-15-13-8-6-5-7-12(13)9-10-19-15/h5-8,15,19H,3-4,9-11H2,1-2H3. The zero-order chi connectivity index (χ0) is 14.8. The van der Waals surface area contributed by atoms with Crippen LogP contribution >= 0.6 is 15.9 Å². The summed E-state index contributed by atoms with van der Waals surface area (Å²) >= 11 is 3.76. The van der Waals surface area contributed by atoms with Gasteiger partial charge in [0.1, 0.15) is 0 Å². The minimum Gasteiger partial charge on any atom is -0.309 e. The van der Waals surface area contributed by atoms with E-state index in [0.29, 0.717) is 6.04 Å². The van der Waals surface area contributed by atoms with Crippen molar-refractivity contribution in [3.63, 3.8) is 0 Å². The molecule has 3 rings (SSSR count). The van der Waals surface area contributed by atoms with Gasteiger partial charge in [0.05, 0.1) is 15.9 Å². The van der Waals surface area contributed by atoms with E-state index >= 15 is 0 Å². The first-order chi connectivity index (χ1) is 10.2. The summed E-state index contributed by atoms with van der Waals surface area (Å²) in [5.41, 5.74) is 5.40. The molecule has 1 N–H and O–H groups in total. The Bertz CT molecular complexity index is 633. The van der Waals surface area contributed by atoms with Gasteiger partial charge in [0, 0.05) is 19.0 Å². The van der Waals surface area contributed by atoms with Crippen LogP contribution in [0.5, 0.6) is 0 Å². The first kappa shape index (κ1) is 14.8. The van der Waals surface area contributed by atoms with Crippen LogP contribution < -0.4 is 5.32 Å². The second kappa shape index (κ2) is 6.32. The highest BCUT2D eigenvalue weighted by Crippen LogP contribution is 2.30. The Morgan fingerprint density at radius 3 is 2.90 bits per heavy atom. The summed E-state index contributed by atoms with van der Waals surface area (Å²) in [4.78, 5) is 0. The summed E-state index contributed by atoms with van der Waals surface area (Å²) in [5.74, 6) is 0. The third-order valence-corrected chi connectivity index (χ3v) is 5.22. The number of aromatic nitrogens is 2. The molecule has 0 saturated heterocycles. The van der Waals surface area contributed by atoms with E-state index in [2.05, 4.69) is 64.0 Å². The third kappa shape index (κ3) is 2.79. The molecule has 0 fully saturated rings. The lowest BCUT2D eigenvalue weighted by molar-refractivity contribution is 0.481. The molecule has 0 amide bonds. The van der Waals surface area contributed by atoms with E-state index in [9.17, 15) is 0 Å². The highest BCUT2D eigenvalue weighted by Gasteiger charge is 2.23. The lowest BCUT2D eigenvalue weighted by Gasteiger charge is -2.27. The van der Waals surface area contributed by atoms with Crippen molar-refractivity contribution in [1.29, 1.82) is 0 Å². The molecule has 0 saturated carbocycles. The van der Waals surface area contributed by atoms with Gasteiger partial charge in [-0.1, -0.05) is 31.2 Å². The Morgan fingerprint density at radius 1 is 1.33 bits per heavy atom. The number of benzene rings is 1. The Labute approximate surface area is 134 Å². The summed E-state index contributed by atoms with van der Waals surface area (Å²) in [6.07, 6.45) is 3.08. The second-order valence-corrected chi connectivity index (χ2v) is 6.33. The molecular weight excluding hydrogens is 326 g/mol. The molecule has 4 heteroatoms. The van der Waals surface area contributed by atoms with Crippen LogP contribution in [0.25, 0.3) is 0 Å². The van der Waals surface area contributed by atoms with E-state index in [1.54, 1.807) is 0 Å². The Morgan fingerprint density at radius 2 is 2.14 bits per heavy atom. The zero-order valence-electron chi connectivity index (χ0n) is 12.7. The highest BCUT2D eigenvalue weighted by molar-refractivity contribution is 9.10. The van der Waals surface area contributed by atoms with Crippen LogP contribution in [0.1, 0.15) is 42.4 Å². The van der Waals surface area contributed by atoms with Crippen molar-refractivity contribution in [3.05, 3.63) is 51.3 Å². The summed E-state index contributed by atoms with van der Waals surface area (Å²) in [7, 11) is 0. The van der Waals surface area contributed by atoms with Gasteiger partial charge in [0.2, 0.25) is 0 Å². The van der Waals surface area contributed by atoms with Crippen LogP contribution in [-0.4, -0.2) is 16.3 Å². The van der Waals surface area contributed by atoms with Gasteiger partial charge in [-0.15, -0.1) is 0 Å². The molecular formula is C17H22BrN3. The van der Waals surface area contributed by atoms with E-state index in [-0.39, 0.29) is 0 Å². The Balaban J connectivity index is 1.93. The topological polar surface area (TPSA) is 29.9 Å². The number of hydrogen-bond acceptors (Lipinski definition) is 2. The fourth-order valence-electron chi connectivity index (χ4n) is 3.18. The smallest absolute Gasteiger partial charge is 0.0766 e. The van der Waals surface area contributed by atoms with E-state index in [0.717, 1.165) is 38.0 Å². The number of nitrogens with one attached hydrogen (secondary N) is 1. The number of aryl methyl sites for hydroxylation is 2. The molecule has 3 nitrogen and oxygen atoms in total. The van der Waals surface area contributed by atoms with E-state index in [1.165, 1.54) is 21.3 Å². The zero-order valence-corrected chi connectivity index (χ0v) is 14.3. The average molecular weight is 348 g/mol. The molecule has 1 aromatic carbocycles. The maximum atomic E-state index is 4.71. The van der Waals surface area contributed by atoms with Gasteiger partial charge in [-0.3, -0.25) is 4.68 Å². The average Bonchev–Trinajstić information content (AvgIpc) is 2.83. The lowest BCUT2D eigenvalue weighted by atomic mass is 9.91. The van der Waals surface area contributed by atoms with Gasteiger partial charge in [-0.25, -0.2) is 0 Å². The van der Waals surface area contributed by atoms with E-state index in [1.807, 2.05) is 0 Å². The fraction of sp³-hybridized carbons (Fsp3) is 0.471. The van der Waals surface area contributed by atoms with Crippen molar-refractivity contribution in [3.8, 4) is 0 Å². The Hall–Kier alpha value is -1.13. The summed E-state index contributed by atoms with van der Waals surface area (Å²) < 4.78 is 3.33. The van der Waals surface area contributed by atoms with Gasteiger partial charge >= 0.3 is 0 Å². The maximum Gasteiger partial charge on any atom is 0.0766 e. The van der Waals surface area contributed by atoms with Crippen molar-refractivity contribution in [2.75, 3.05) is 6.54 Å². The van der Waals surface area contributed by atoms with Crippen molar-refractivity contribution in [2.24, 2.45) is 0 Å². The first-order valence-corrected chi connectivity index (χ1v) is 8.59. The second-order valence-electron chi connectivity index (χ2n) is 5.54. The van der Waals surface area contributed by atoms with Crippen LogP contribution in [-0.2, 0) is 25.8 Å². The first-order valence-electron chi connectivity index (χ1n) is 7.79. The fourth-order valence-corrected chi connectivity index (χ4v) is 3.91. The van der Waals surface area contributed by atoms with Crippen LogP contribution in [0.15, 0.2) is 28.7 Å². The molecule has 21 heavy (non-hydrogen) atoms. The van der Waals surface area contributed by atoms with Crippen molar-refractivity contribution in [2.45, 2.75) is 45.7 Å². The van der Waals surface area contributed by atoms with Gasteiger partial charge in [0.15, 0.2) is 0 Å². The minimum absolute atomic E-state index is 0.387. The number of nitrogens with zero attached hydrogens (tertiary/aromatic N) is 2. The summed E-state index contributed by atoms with van der Waals surface area (Å²) in [6, 6.07) is 9.18.